The number of ether oxygens (including phenoxy) is 1. The molecule has 0 aliphatic carbocycles. The zero-order valence-corrected chi connectivity index (χ0v) is 14.0. The van der Waals surface area contributed by atoms with Crippen molar-refractivity contribution in [1.82, 2.24) is 4.72 Å². The molecule has 21 heavy (non-hydrogen) atoms. The second-order valence-electron chi connectivity index (χ2n) is 4.39. The van der Waals surface area contributed by atoms with Crippen LogP contribution in [0.2, 0.25) is 0 Å². The molecule has 0 aliphatic heterocycles. The molecule has 0 aromatic heterocycles. The maximum atomic E-state index is 11.1. The molecule has 0 radical (unpaired) electrons. The summed E-state index contributed by atoms with van der Waals surface area (Å²) in [6.07, 6.45) is 0.354. The van der Waals surface area contributed by atoms with E-state index in [-0.39, 0.29) is 6.61 Å². The van der Waals surface area contributed by atoms with E-state index < -0.39 is 16.1 Å². The Labute approximate surface area is 127 Å². The minimum absolute atomic E-state index is 0.00456. The van der Waals surface area contributed by atoms with Crippen LogP contribution in [0.5, 0.6) is 5.75 Å². The fourth-order valence-electron chi connectivity index (χ4n) is 1.40. The monoisotopic (exact) mass is 319 g/mol. The fourth-order valence-corrected chi connectivity index (χ4v) is 1.82. The third-order valence-electron chi connectivity index (χ3n) is 2.19. The van der Waals surface area contributed by atoms with Gasteiger partial charge in [-0.2, -0.15) is 13.1 Å². The zero-order chi connectivity index (χ0) is 16.5. The first kappa shape index (κ1) is 19.9. The Bertz CT molecular complexity index is 508. The van der Waals surface area contributed by atoms with Crippen LogP contribution in [-0.4, -0.2) is 33.0 Å². The molecule has 1 aromatic carbocycles. The molecule has 2 N–H and O–H groups in total. The molecule has 7 heteroatoms. The van der Waals surface area contributed by atoms with Gasteiger partial charge in [-0.25, -0.2) is 0 Å². The van der Waals surface area contributed by atoms with E-state index in [1.54, 1.807) is 24.3 Å². The highest BCUT2D eigenvalue weighted by atomic mass is 32.2. The smallest absolute Gasteiger partial charge is 0.335 e. The standard InChI is InChI=1S/C12H19NO5S.C2H6/c1-12(2,14)18-11-7-5-4-6-10(11)8-9-17-19(15,16)13-3;1-2/h4-7,13-14H,8-9H2,1-3H3;1-2H3. The highest BCUT2D eigenvalue weighted by Crippen LogP contribution is 2.22. The van der Waals surface area contributed by atoms with E-state index in [9.17, 15) is 13.5 Å². The number of para-hydroxylation sites is 1. The van der Waals surface area contributed by atoms with E-state index in [0.29, 0.717) is 12.2 Å². The molecule has 122 valence electrons. The van der Waals surface area contributed by atoms with Gasteiger partial charge in [-0.3, -0.25) is 4.18 Å². The van der Waals surface area contributed by atoms with Crippen molar-refractivity contribution in [2.45, 2.75) is 39.9 Å². The summed E-state index contributed by atoms with van der Waals surface area (Å²) in [4.78, 5) is 0. The Morgan fingerprint density at radius 1 is 1.24 bits per heavy atom. The lowest BCUT2D eigenvalue weighted by molar-refractivity contribution is -0.105. The van der Waals surface area contributed by atoms with E-state index >= 15 is 0 Å². The first-order valence-electron chi connectivity index (χ1n) is 6.81. The van der Waals surface area contributed by atoms with Gasteiger partial charge in [0.05, 0.1) is 6.61 Å². The van der Waals surface area contributed by atoms with Gasteiger partial charge in [-0.05, 0) is 11.6 Å². The summed E-state index contributed by atoms with van der Waals surface area (Å²) in [5, 5.41) is 9.63. The van der Waals surface area contributed by atoms with Crippen molar-refractivity contribution < 1.29 is 22.4 Å². The van der Waals surface area contributed by atoms with Gasteiger partial charge in [0.2, 0.25) is 5.79 Å². The van der Waals surface area contributed by atoms with Gasteiger partial charge in [-0.1, -0.05) is 32.0 Å². The summed E-state index contributed by atoms with van der Waals surface area (Å²) < 4.78 is 34.3. The van der Waals surface area contributed by atoms with Crippen molar-refractivity contribution in [1.29, 1.82) is 0 Å². The van der Waals surface area contributed by atoms with Gasteiger partial charge in [0, 0.05) is 27.3 Å². The average molecular weight is 319 g/mol. The van der Waals surface area contributed by atoms with Gasteiger partial charge in [0.15, 0.2) is 0 Å². The molecular formula is C14H25NO5S. The normalized spacial score (nSPS) is 11.5. The third kappa shape index (κ3) is 8.67. The maximum Gasteiger partial charge on any atom is 0.335 e. The summed E-state index contributed by atoms with van der Waals surface area (Å²) in [7, 11) is -2.40. The number of aliphatic hydroxyl groups is 1. The van der Waals surface area contributed by atoms with Crippen molar-refractivity contribution >= 4 is 10.3 Å². The highest BCUT2D eigenvalue weighted by Gasteiger charge is 2.16. The molecule has 0 atom stereocenters. The number of hydrogen-bond donors (Lipinski definition) is 2. The average Bonchev–Trinajstić information content (AvgIpc) is 2.41. The minimum Gasteiger partial charge on any atom is -0.463 e. The molecule has 1 aromatic rings. The van der Waals surface area contributed by atoms with Crippen molar-refractivity contribution in [2.75, 3.05) is 13.7 Å². The molecule has 0 saturated carbocycles. The largest absolute Gasteiger partial charge is 0.463 e. The molecule has 0 amide bonds. The Morgan fingerprint density at radius 2 is 1.81 bits per heavy atom. The molecular weight excluding hydrogens is 294 g/mol. The van der Waals surface area contributed by atoms with Gasteiger partial charge < -0.3 is 9.84 Å². The summed E-state index contributed by atoms with van der Waals surface area (Å²) >= 11 is 0. The van der Waals surface area contributed by atoms with Crippen molar-refractivity contribution in [3.05, 3.63) is 29.8 Å². The quantitative estimate of drug-likeness (QED) is 0.749. The van der Waals surface area contributed by atoms with E-state index in [2.05, 4.69) is 4.72 Å². The fraction of sp³-hybridized carbons (Fsp3) is 0.571. The predicted molar refractivity (Wildman–Crippen MR) is 82.4 cm³/mol. The van der Waals surface area contributed by atoms with Crippen molar-refractivity contribution in [2.24, 2.45) is 0 Å². The van der Waals surface area contributed by atoms with Crippen LogP contribution in [0.3, 0.4) is 0 Å². The van der Waals surface area contributed by atoms with E-state index in [4.69, 9.17) is 8.92 Å². The molecule has 0 saturated heterocycles. The maximum absolute atomic E-state index is 11.1. The van der Waals surface area contributed by atoms with Crippen LogP contribution >= 0.6 is 0 Å². The Hall–Kier alpha value is -1.15. The summed E-state index contributed by atoms with van der Waals surface area (Å²) in [5.41, 5.74) is 0.760. The van der Waals surface area contributed by atoms with Crippen LogP contribution in [0.25, 0.3) is 0 Å². The molecule has 6 nitrogen and oxygen atoms in total. The topological polar surface area (TPSA) is 84.9 Å². The molecule has 0 bridgehead atoms. The molecule has 0 unspecified atom stereocenters. The molecule has 0 spiro atoms. The van der Waals surface area contributed by atoms with Crippen LogP contribution in [0.4, 0.5) is 0 Å². The summed E-state index contributed by atoms with van der Waals surface area (Å²) in [6, 6.07) is 7.07. The SMILES string of the molecule is CC.CNS(=O)(=O)OCCc1ccccc1OC(C)(C)O. The van der Waals surface area contributed by atoms with E-state index in [1.807, 2.05) is 13.8 Å². The predicted octanol–water partition coefficient (Wildman–Crippen LogP) is 1.84. The number of rotatable bonds is 7. The van der Waals surface area contributed by atoms with Crippen LogP contribution < -0.4 is 9.46 Å². The third-order valence-corrected chi connectivity index (χ3v) is 3.17. The van der Waals surface area contributed by atoms with E-state index in [1.165, 1.54) is 20.9 Å². The zero-order valence-electron chi connectivity index (χ0n) is 13.2. The number of hydrogen-bond acceptors (Lipinski definition) is 5. The van der Waals surface area contributed by atoms with Gasteiger partial charge in [0.25, 0.3) is 0 Å². The Morgan fingerprint density at radius 3 is 2.33 bits per heavy atom. The summed E-state index contributed by atoms with van der Waals surface area (Å²) in [6.45, 7) is 7.03. The molecule has 0 fully saturated rings. The summed E-state index contributed by atoms with van der Waals surface area (Å²) in [5.74, 6) is -0.797. The first-order chi connectivity index (χ1) is 9.73. The number of nitrogens with one attached hydrogen (secondary N) is 1. The van der Waals surface area contributed by atoms with Crippen LogP contribution in [0.1, 0.15) is 33.3 Å². The first-order valence-corrected chi connectivity index (χ1v) is 8.21. The Kier molecular flexibility index (Phi) is 8.50. The Balaban J connectivity index is 0.00000191. The van der Waals surface area contributed by atoms with Crippen molar-refractivity contribution in [3.63, 3.8) is 0 Å². The molecule has 0 heterocycles. The van der Waals surface area contributed by atoms with Gasteiger partial charge in [0.1, 0.15) is 5.75 Å². The van der Waals surface area contributed by atoms with Crippen LogP contribution in [-0.2, 0) is 20.9 Å². The van der Waals surface area contributed by atoms with E-state index in [0.717, 1.165) is 5.56 Å². The van der Waals surface area contributed by atoms with Gasteiger partial charge in [-0.15, -0.1) is 0 Å². The lowest BCUT2D eigenvalue weighted by Crippen LogP contribution is -2.27. The van der Waals surface area contributed by atoms with Crippen LogP contribution in [0, 0.1) is 0 Å². The lowest BCUT2D eigenvalue weighted by atomic mass is 10.1. The molecule has 0 aliphatic rings. The lowest BCUT2D eigenvalue weighted by Gasteiger charge is -2.21. The van der Waals surface area contributed by atoms with Crippen molar-refractivity contribution in [3.8, 4) is 5.75 Å². The van der Waals surface area contributed by atoms with Crippen LogP contribution in [0.15, 0.2) is 24.3 Å². The highest BCUT2D eigenvalue weighted by molar-refractivity contribution is 7.84. The van der Waals surface area contributed by atoms with Gasteiger partial charge >= 0.3 is 10.3 Å². The number of benzene rings is 1. The second kappa shape index (κ2) is 8.99. The minimum atomic E-state index is -3.68. The second-order valence-corrected chi connectivity index (χ2v) is 5.94. The molecule has 1 rings (SSSR count).